The number of unbranched alkanes of at least 4 members (excludes halogenated alkanes) is 1. The number of guanidine groups is 1. The van der Waals surface area contributed by atoms with Gasteiger partial charge in [0.25, 0.3) is 0 Å². The molecule has 0 aliphatic carbocycles. The lowest BCUT2D eigenvalue weighted by atomic mass is 10.1. The van der Waals surface area contributed by atoms with Gasteiger partial charge in [0.15, 0.2) is 5.96 Å². The standard InChI is InChI=1S/C19H27N3S.HI/c1-3-20-19(21-12-6-7-13-23-2)22-15-16-10-11-17-8-4-5-9-18(17)14-16;/h4-5,8-11,14H,3,6-7,12-13,15H2,1-2H3,(H2,20,21,22);1H. The summed E-state index contributed by atoms with van der Waals surface area (Å²) in [6.07, 6.45) is 4.59. The molecule has 0 saturated heterocycles. The van der Waals surface area contributed by atoms with Crippen LogP contribution in [0.1, 0.15) is 25.3 Å². The summed E-state index contributed by atoms with van der Waals surface area (Å²) in [5.41, 5.74) is 1.24. The topological polar surface area (TPSA) is 36.4 Å². The molecule has 0 bridgehead atoms. The number of thioether (sulfide) groups is 1. The summed E-state index contributed by atoms with van der Waals surface area (Å²) in [6.45, 7) is 4.66. The highest BCUT2D eigenvalue weighted by Gasteiger charge is 1.99. The third kappa shape index (κ3) is 7.30. The number of benzene rings is 2. The molecule has 2 N–H and O–H groups in total. The van der Waals surface area contributed by atoms with Gasteiger partial charge in [-0.15, -0.1) is 24.0 Å². The van der Waals surface area contributed by atoms with Gasteiger partial charge in [0.2, 0.25) is 0 Å². The Kier molecular flexibility index (Phi) is 10.9. The Balaban J connectivity index is 0.00000288. The van der Waals surface area contributed by atoms with E-state index < -0.39 is 0 Å². The molecule has 2 aromatic rings. The molecule has 0 heterocycles. The zero-order chi connectivity index (χ0) is 16.3. The van der Waals surface area contributed by atoms with Gasteiger partial charge in [-0.05, 0) is 54.2 Å². The summed E-state index contributed by atoms with van der Waals surface area (Å²) in [6, 6.07) is 15.0. The van der Waals surface area contributed by atoms with E-state index in [-0.39, 0.29) is 24.0 Å². The van der Waals surface area contributed by atoms with Crippen LogP contribution in [0.25, 0.3) is 10.8 Å². The zero-order valence-electron chi connectivity index (χ0n) is 14.5. The normalized spacial score (nSPS) is 11.2. The molecule has 0 radical (unpaired) electrons. The van der Waals surface area contributed by atoms with Crippen molar-refractivity contribution in [3.8, 4) is 0 Å². The molecule has 0 unspecified atom stereocenters. The molecule has 0 spiro atoms. The molecular weight excluding hydrogens is 429 g/mol. The molecule has 3 nitrogen and oxygen atoms in total. The smallest absolute Gasteiger partial charge is 0.191 e. The Hall–Kier alpha value is -0.950. The number of hydrogen-bond acceptors (Lipinski definition) is 2. The van der Waals surface area contributed by atoms with Crippen LogP contribution in [-0.2, 0) is 6.54 Å². The van der Waals surface area contributed by atoms with E-state index in [4.69, 9.17) is 4.99 Å². The SMILES string of the molecule is CCNC(=NCc1ccc2ccccc2c1)NCCCCSC.I. The summed E-state index contributed by atoms with van der Waals surface area (Å²) in [4.78, 5) is 4.70. The van der Waals surface area contributed by atoms with Crippen molar-refractivity contribution in [2.24, 2.45) is 4.99 Å². The molecule has 2 aromatic carbocycles. The minimum absolute atomic E-state index is 0. The summed E-state index contributed by atoms with van der Waals surface area (Å²) in [7, 11) is 0. The van der Waals surface area contributed by atoms with Gasteiger partial charge in [0.1, 0.15) is 0 Å². The second-order valence-corrected chi connectivity index (χ2v) is 6.49. The van der Waals surface area contributed by atoms with E-state index in [2.05, 4.69) is 66.3 Å². The minimum Gasteiger partial charge on any atom is -0.357 e. The molecule has 0 fully saturated rings. The Morgan fingerprint density at radius 1 is 1.04 bits per heavy atom. The number of fused-ring (bicyclic) bond motifs is 1. The lowest BCUT2D eigenvalue weighted by Crippen LogP contribution is -2.37. The van der Waals surface area contributed by atoms with Crippen molar-refractivity contribution in [1.29, 1.82) is 0 Å². The second-order valence-electron chi connectivity index (χ2n) is 5.50. The lowest BCUT2D eigenvalue weighted by molar-refractivity contribution is 0.734. The Bertz CT molecular complexity index is 631. The van der Waals surface area contributed by atoms with Crippen LogP contribution >= 0.6 is 35.7 Å². The maximum absolute atomic E-state index is 4.70. The van der Waals surface area contributed by atoms with Crippen LogP contribution in [0.5, 0.6) is 0 Å². The van der Waals surface area contributed by atoms with Crippen molar-refractivity contribution in [2.75, 3.05) is 25.1 Å². The van der Waals surface area contributed by atoms with Gasteiger partial charge >= 0.3 is 0 Å². The number of rotatable bonds is 8. The average Bonchev–Trinajstić information content (AvgIpc) is 2.59. The fraction of sp³-hybridized carbons (Fsp3) is 0.421. The number of nitrogens with zero attached hydrogens (tertiary/aromatic N) is 1. The first-order chi connectivity index (χ1) is 11.3. The first kappa shape index (κ1) is 21.1. The average molecular weight is 457 g/mol. The predicted molar refractivity (Wildman–Crippen MR) is 120 cm³/mol. The van der Waals surface area contributed by atoms with Crippen molar-refractivity contribution in [3.05, 3.63) is 48.0 Å². The fourth-order valence-corrected chi connectivity index (χ4v) is 2.92. The van der Waals surface area contributed by atoms with Gasteiger partial charge in [0, 0.05) is 13.1 Å². The van der Waals surface area contributed by atoms with Crippen LogP contribution in [0.15, 0.2) is 47.5 Å². The molecule has 0 saturated carbocycles. The largest absolute Gasteiger partial charge is 0.357 e. The van der Waals surface area contributed by atoms with E-state index in [0.29, 0.717) is 6.54 Å². The lowest BCUT2D eigenvalue weighted by Gasteiger charge is -2.11. The summed E-state index contributed by atoms with van der Waals surface area (Å²) in [5, 5.41) is 9.28. The summed E-state index contributed by atoms with van der Waals surface area (Å²) >= 11 is 1.91. The molecular formula is C19H28IN3S. The van der Waals surface area contributed by atoms with Crippen molar-refractivity contribution in [3.63, 3.8) is 0 Å². The second kappa shape index (κ2) is 12.4. The molecule has 0 aliphatic heterocycles. The van der Waals surface area contributed by atoms with E-state index in [1.165, 1.54) is 34.9 Å². The van der Waals surface area contributed by atoms with Crippen LogP contribution in [0.3, 0.4) is 0 Å². The molecule has 0 amide bonds. The molecule has 0 aromatic heterocycles. The van der Waals surface area contributed by atoms with Crippen LogP contribution in [-0.4, -0.2) is 31.1 Å². The minimum atomic E-state index is 0. The van der Waals surface area contributed by atoms with Gasteiger partial charge in [-0.2, -0.15) is 11.8 Å². The maximum atomic E-state index is 4.70. The van der Waals surface area contributed by atoms with Crippen LogP contribution in [0.2, 0.25) is 0 Å². The van der Waals surface area contributed by atoms with Gasteiger partial charge in [0.05, 0.1) is 6.54 Å². The predicted octanol–water partition coefficient (Wildman–Crippen LogP) is 4.66. The summed E-state index contributed by atoms with van der Waals surface area (Å²) < 4.78 is 0. The van der Waals surface area contributed by atoms with Crippen molar-refractivity contribution < 1.29 is 0 Å². The third-order valence-electron chi connectivity index (χ3n) is 3.65. The highest BCUT2D eigenvalue weighted by atomic mass is 127. The maximum Gasteiger partial charge on any atom is 0.191 e. The van der Waals surface area contributed by atoms with Crippen LogP contribution in [0, 0.1) is 0 Å². The molecule has 0 aliphatic rings. The Labute approximate surface area is 167 Å². The monoisotopic (exact) mass is 457 g/mol. The third-order valence-corrected chi connectivity index (χ3v) is 4.34. The van der Waals surface area contributed by atoms with Gasteiger partial charge in [-0.1, -0.05) is 36.4 Å². The van der Waals surface area contributed by atoms with Crippen molar-refractivity contribution in [1.82, 2.24) is 10.6 Å². The first-order valence-corrected chi connectivity index (χ1v) is 9.71. The van der Waals surface area contributed by atoms with E-state index >= 15 is 0 Å². The number of hydrogen-bond donors (Lipinski definition) is 2. The highest BCUT2D eigenvalue weighted by molar-refractivity contribution is 14.0. The highest BCUT2D eigenvalue weighted by Crippen LogP contribution is 2.16. The Morgan fingerprint density at radius 3 is 2.58 bits per heavy atom. The zero-order valence-corrected chi connectivity index (χ0v) is 17.7. The van der Waals surface area contributed by atoms with E-state index in [1.807, 2.05) is 11.8 Å². The van der Waals surface area contributed by atoms with E-state index in [1.54, 1.807) is 0 Å². The van der Waals surface area contributed by atoms with E-state index in [9.17, 15) is 0 Å². The summed E-state index contributed by atoms with van der Waals surface area (Å²) in [5.74, 6) is 2.14. The first-order valence-electron chi connectivity index (χ1n) is 8.32. The van der Waals surface area contributed by atoms with Gasteiger partial charge in [-0.3, -0.25) is 0 Å². The molecule has 24 heavy (non-hydrogen) atoms. The molecule has 5 heteroatoms. The fourth-order valence-electron chi connectivity index (χ4n) is 2.43. The van der Waals surface area contributed by atoms with Crippen molar-refractivity contribution in [2.45, 2.75) is 26.3 Å². The number of aliphatic imine (C=N–C) groups is 1. The molecule has 0 atom stereocenters. The molecule has 132 valence electrons. The van der Waals surface area contributed by atoms with Crippen LogP contribution < -0.4 is 10.6 Å². The number of nitrogens with one attached hydrogen (secondary N) is 2. The number of halogens is 1. The van der Waals surface area contributed by atoms with Gasteiger partial charge < -0.3 is 10.6 Å². The van der Waals surface area contributed by atoms with Crippen LogP contribution in [0.4, 0.5) is 0 Å². The Morgan fingerprint density at radius 2 is 1.83 bits per heavy atom. The van der Waals surface area contributed by atoms with Crippen molar-refractivity contribution >= 4 is 52.5 Å². The van der Waals surface area contributed by atoms with Gasteiger partial charge in [-0.25, -0.2) is 4.99 Å². The van der Waals surface area contributed by atoms with E-state index in [0.717, 1.165) is 19.0 Å². The molecule has 2 rings (SSSR count). The quantitative estimate of drug-likeness (QED) is 0.262.